The SMILES string of the molecule is COc1ccc([C@@H]2c3cccn3CCN2C(=S)NCCc2ccccc2)cc1. The van der Waals surface area contributed by atoms with Crippen molar-refractivity contribution in [3.63, 3.8) is 0 Å². The largest absolute Gasteiger partial charge is 0.497 e. The van der Waals surface area contributed by atoms with Gasteiger partial charge in [0.1, 0.15) is 5.75 Å². The highest BCUT2D eigenvalue weighted by Gasteiger charge is 2.30. The lowest BCUT2D eigenvalue weighted by Crippen LogP contribution is -2.47. The van der Waals surface area contributed by atoms with Gasteiger partial charge in [0.15, 0.2) is 5.11 Å². The van der Waals surface area contributed by atoms with Gasteiger partial charge in [-0.3, -0.25) is 0 Å². The Morgan fingerprint density at radius 1 is 1.04 bits per heavy atom. The summed E-state index contributed by atoms with van der Waals surface area (Å²) in [5.41, 5.74) is 3.80. The van der Waals surface area contributed by atoms with Gasteiger partial charge in [0, 0.05) is 31.5 Å². The highest BCUT2D eigenvalue weighted by atomic mass is 32.1. The normalized spacial score (nSPS) is 15.8. The Morgan fingerprint density at radius 2 is 1.82 bits per heavy atom. The predicted octanol–water partition coefficient (Wildman–Crippen LogP) is 4.02. The number of rotatable bonds is 5. The number of hydrogen-bond acceptors (Lipinski definition) is 2. The van der Waals surface area contributed by atoms with Gasteiger partial charge in [-0.2, -0.15) is 0 Å². The molecule has 28 heavy (non-hydrogen) atoms. The fourth-order valence-corrected chi connectivity index (χ4v) is 4.10. The zero-order valence-corrected chi connectivity index (χ0v) is 16.9. The minimum Gasteiger partial charge on any atom is -0.497 e. The first-order chi connectivity index (χ1) is 13.8. The van der Waals surface area contributed by atoms with Crippen LogP contribution in [-0.4, -0.2) is 34.8 Å². The molecule has 5 heteroatoms. The first-order valence-corrected chi connectivity index (χ1v) is 10.0. The summed E-state index contributed by atoms with van der Waals surface area (Å²) in [7, 11) is 1.69. The second-order valence-corrected chi connectivity index (χ2v) is 7.35. The Kier molecular flexibility index (Phi) is 5.63. The number of hydrogen-bond donors (Lipinski definition) is 1. The van der Waals surface area contributed by atoms with E-state index in [2.05, 4.69) is 69.5 Å². The fourth-order valence-electron chi connectivity index (χ4n) is 3.80. The van der Waals surface area contributed by atoms with Gasteiger partial charge in [-0.15, -0.1) is 0 Å². The molecular weight excluding hydrogens is 366 g/mol. The van der Waals surface area contributed by atoms with Gasteiger partial charge >= 0.3 is 0 Å². The summed E-state index contributed by atoms with van der Waals surface area (Å²) in [5.74, 6) is 0.866. The molecule has 2 heterocycles. The Bertz CT molecular complexity index is 921. The zero-order valence-electron chi connectivity index (χ0n) is 16.0. The molecule has 1 N–H and O–H groups in total. The van der Waals surface area contributed by atoms with E-state index in [1.165, 1.54) is 16.8 Å². The van der Waals surface area contributed by atoms with Crippen LogP contribution in [0, 0.1) is 0 Å². The first kappa shape index (κ1) is 18.6. The highest BCUT2D eigenvalue weighted by Crippen LogP contribution is 2.33. The van der Waals surface area contributed by atoms with Crippen LogP contribution in [0.3, 0.4) is 0 Å². The topological polar surface area (TPSA) is 29.4 Å². The molecule has 3 aromatic rings. The Morgan fingerprint density at radius 3 is 2.57 bits per heavy atom. The third kappa shape index (κ3) is 3.90. The fraction of sp³-hybridized carbons (Fsp3) is 0.261. The van der Waals surface area contributed by atoms with Gasteiger partial charge in [-0.05, 0) is 54.0 Å². The summed E-state index contributed by atoms with van der Waals surface area (Å²) in [6.45, 7) is 2.65. The van der Waals surface area contributed by atoms with Crippen LogP contribution >= 0.6 is 12.2 Å². The molecule has 0 bridgehead atoms. The number of thiocarbonyl (C=S) groups is 1. The third-order valence-electron chi connectivity index (χ3n) is 5.26. The molecule has 0 saturated carbocycles. The summed E-state index contributed by atoms with van der Waals surface area (Å²) in [6, 6.07) is 23.2. The maximum atomic E-state index is 5.80. The number of ether oxygens (including phenoxy) is 1. The van der Waals surface area contributed by atoms with E-state index in [1.807, 2.05) is 18.2 Å². The molecule has 1 aromatic heterocycles. The van der Waals surface area contributed by atoms with Crippen molar-refractivity contribution in [1.29, 1.82) is 0 Å². The number of benzene rings is 2. The van der Waals surface area contributed by atoms with Crippen molar-refractivity contribution in [1.82, 2.24) is 14.8 Å². The Hall–Kier alpha value is -2.79. The number of aromatic nitrogens is 1. The molecule has 1 atom stereocenters. The van der Waals surface area contributed by atoms with Gasteiger partial charge in [0.25, 0.3) is 0 Å². The summed E-state index contributed by atoms with van der Waals surface area (Å²) < 4.78 is 7.64. The molecule has 2 aromatic carbocycles. The van der Waals surface area contributed by atoms with Crippen molar-refractivity contribution in [3.8, 4) is 5.75 Å². The van der Waals surface area contributed by atoms with Gasteiger partial charge in [0.2, 0.25) is 0 Å². The molecule has 4 rings (SSSR count). The minimum absolute atomic E-state index is 0.103. The van der Waals surface area contributed by atoms with Crippen molar-refractivity contribution in [3.05, 3.63) is 89.7 Å². The van der Waals surface area contributed by atoms with E-state index in [4.69, 9.17) is 17.0 Å². The first-order valence-electron chi connectivity index (χ1n) is 9.63. The standard InChI is InChI=1S/C23H25N3OS/c1-27-20-11-9-19(10-12-20)22-21-8-5-15-25(21)16-17-26(22)23(28)24-14-13-18-6-3-2-4-7-18/h2-12,15,22H,13-14,16-17H2,1H3,(H,24,28)/t22-/m1/s1. The second-order valence-electron chi connectivity index (χ2n) is 6.96. The molecule has 0 saturated heterocycles. The monoisotopic (exact) mass is 391 g/mol. The van der Waals surface area contributed by atoms with Crippen LogP contribution in [-0.2, 0) is 13.0 Å². The lowest BCUT2D eigenvalue weighted by atomic mass is 10.00. The van der Waals surface area contributed by atoms with Crippen LogP contribution in [0.1, 0.15) is 22.9 Å². The van der Waals surface area contributed by atoms with Crippen molar-refractivity contribution in [2.45, 2.75) is 19.0 Å². The van der Waals surface area contributed by atoms with E-state index in [0.717, 1.165) is 36.9 Å². The molecule has 4 nitrogen and oxygen atoms in total. The predicted molar refractivity (Wildman–Crippen MR) is 117 cm³/mol. The molecule has 1 aliphatic heterocycles. The number of nitrogens with zero attached hydrogens (tertiary/aromatic N) is 2. The van der Waals surface area contributed by atoms with Crippen LogP contribution in [0.25, 0.3) is 0 Å². The van der Waals surface area contributed by atoms with E-state index < -0.39 is 0 Å². The summed E-state index contributed by atoms with van der Waals surface area (Å²) >= 11 is 5.80. The van der Waals surface area contributed by atoms with E-state index in [9.17, 15) is 0 Å². The minimum atomic E-state index is 0.103. The highest BCUT2D eigenvalue weighted by molar-refractivity contribution is 7.80. The Balaban J connectivity index is 1.51. The summed E-state index contributed by atoms with van der Waals surface area (Å²) in [5, 5.41) is 4.28. The average molecular weight is 392 g/mol. The van der Waals surface area contributed by atoms with Crippen molar-refractivity contribution in [2.75, 3.05) is 20.2 Å². The third-order valence-corrected chi connectivity index (χ3v) is 5.64. The second kappa shape index (κ2) is 8.48. The molecule has 0 amide bonds. The number of methoxy groups -OCH3 is 1. The van der Waals surface area contributed by atoms with E-state index in [0.29, 0.717) is 0 Å². The van der Waals surface area contributed by atoms with E-state index in [1.54, 1.807) is 7.11 Å². The van der Waals surface area contributed by atoms with Crippen LogP contribution in [0.5, 0.6) is 5.75 Å². The van der Waals surface area contributed by atoms with Gasteiger partial charge < -0.3 is 19.5 Å². The van der Waals surface area contributed by atoms with E-state index >= 15 is 0 Å². The molecular formula is C23H25N3OS. The molecule has 0 radical (unpaired) electrons. The lowest BCUT2D eigenvalue weighted by molar-refractivity contribution is 0.286. The van der Waals surface area contributed by atoms with Crippen molar-refractivity contribution in [2.24, 2.45) is 0 Å². The van der Waals surface area contributed by atoms with Crippen LogP contribution in [0.15, 0.2) is 72.9 Å². The average Bonchev–Trinajstić information content (AvgIpc) is 3.23. The summed E-state index contributed by atoms with van der Waals surface area (Å²) in [4.78, 5) is 2.30. The van der Waals surface area contributed by atoms with Gasteiger partial charge in [0.05, 0.1) is 13.2 Å². The zero-order chi connectivity index (χ0) is 19.3. The molecule has 0 aliphatic carbocycles. The quantitative estimate of drug-likeness (QED) is 0.666. The number of nitrogens with one attached hydrogen (secondary N) is 1. The van der Waals surface area contributed by atoms with Crippen LogP contribution in [0.2, 0.25) is 0 Å². The summed E-state index contributed by atoms with van der Waals surface area (Å²) in [6.07, 6.45) is 3.10. The molecule has 0 unspecified atom stereocenters. The lowest BCUT2D eigenvalue weighted by Gasteiger charge is -2.39. The van der Waals surface area contributed by atoms with E-state index in [-0.39, 0.29) is 6.04 Å². The van der Waals surface area contributed by atoms with Gasteiger partial charge in [-0.25, -0.2) is 0 Å². The van der Waals surface area contributed by atoms with Crippen molar-refractivity contribution < 1.29 is 4.74 Å². The molecule has 1 aliphatic rings. The number of fused-ring (bicyclic) bond motifs is 1. The smallest absolute Gasteiger partial charge is 0.169 e. The van der Waals surface area contributed by atoms with Crippen LogP contribution in [0.4, 0.5) is 0 Å². The Labute approximate surface area is 171 Å². The maximum absolute atomic E-state index is 5.80. The van der Waals surface area contributed by atoms with Crippen LogP contribution < -0.4 is 10.1 Å². The maximum Gasteiger partial charge on any atom is 0.169 e. The molecule has 144 valence electrons. The van der Waals surface area contributed by atoms with Crippen molar-refractivity contribution >= 4 is 17.3 Å². The molecule has 0 spiro atoms. The van der Waals surface area contributed by atoms with Gasteiger partial charge in [-0.1, -0.05) is 42.5 Å². The molecule has 0 fully saturated rings.